The van der Waals surface area contributed by atoms with Crippen LogP contribution in [0.5, 0.6) is 0 Å². The van der Waals surface area contributed by atoms with Crippen LogP contribution in [0.1, 0.15) is 37.9 Å². The van der Waals surface area contributed by atoms with Crippen molar-refractivity contribution in [1.29, 1.82) is 0 Å². The van der Waals surface area contributed by atoms with E-state index in [1.807, 2.05) is 0 Å². The van der Waals surface area contributed by atoms with E-state index < -0.39 is 51.8 Å². The second kappa shape index (κ2) is 7.50. The molecule has 2 amide bonds. The minimum Gasteiger partial charge on any atom is -0.349 e. The number of aryl methyl sites for hydroxylation is 1. The number of Topliss-reactive ketones (excluding diaryl/α,β-unsaturated/α-hetero) is 2. The summed E-state index contributed by atoms with van der Waals surface area (Å²) in [5, 5.41) is 11.2. The van der Waals surface area contributed by atoms with Crippen molar-refractivity contribution in [3.8, 4) is 0 Å². The molecule has 2 aliphatic heterocycles. The summed E-state index contributed by atoms with van der Waals surface area (Å²) in [6.07, 6.45) is -1.02. The van der Waals surface area contributed by atoms with Crippen LogP contribution in [-0.2, 0) is 14.3 Å². The Hall–Kier alpha value is -4.50. The largest absolute Gasteiger partial charge is 0.349 e. The van der Waals surface area contributed by atoms with E-state index in [2.05, 4.69) is 0 Å². The number of ketones is 2. The maximum absolute atomic E-state index is 13.9. The molecule has 2 saturated heterocycles. The summed E-state index contributed by atoms with van der Waals surface area (Å²) in [5.74, 6) is -5.15. The number of nitrogens with zero attached hydrogens (tertiary/aromatic N) is 2. The van der Waals surface area contributed by atoms with Crippen LogP contribution < -0.4 is 4.90 Å². The average molecular weight is 482 g/mol. The van der Waals surface area contributed by atoms with Crippen molar-refractivity contribution in [2.45, 2.75) is 18.6 Å². The Morgan fingerprint density at radius 3 is 2.06 bits per heavy atom. The lowest BCUT2D eigenvalue weighted by Crippen LogP contribution is -2.51. The van der Waals surface area contributed by atoms with Crippen molar-refractivity contribution in [2.24, 2.45) is 11.8 Å². The van der Waals surface area contributed by atoms with Crippen LogP contribution in [-0.4, -0.2) is 33.9 Å². The summed E-state index contributed by atoms with van der Waals surface area (Å²) in [5.41, 5.74) is -0.976. The maximum Gasteiger partial charge on any atom is 0.269 e. The summed E-state index contributed by atoms with van der Waals surface area (Å²) < 4.78 is 6.22. The molecule has 0 bridgehead atoms. The predicted octanol–water partition coefficient (Wildman–Crippen LogP) is 3.60. The van der Waals surface area contributed by atoms with Crippen LogP contribution in [0.15, 0.2) is 72.8 Å². The van der Waals surface area contributed by atoms with E-state index in [0.717, 1.165) is 4.90 Å². The molecule has 0 aromatic heterocycles. The first kappa shape index (κ1) is 22.0. The molecule has 1 aliphatic carbocycles. The summed E-state index contributed by atoms with van der Waals surface area (Å²) in [6.45, 7) is 1.56. The van der Waals surface area contributed by atoms with Crippen molar-refractivity contribution < 1.29 is 28.8 Å². The van der Waals surface area contributed by atoms with E-state index in [1.54, 1.807) is 49.4 Å². The number of amides is 2. The van der Waals surface area contributed by atoms with Crippen LogP contribution >= 0.6 is 0 Å². The molecule has 9 heteroatoms. The van der Waals surface area contributed by atoms with Gasteiger partial charge < -0.3 is 4.74 Å². The van der Waals surface area contributed by atoms with Crippen LogP contribution in [0.4, 0.5) is 11.4 Å². The number of ether oxygens (including phenoxy) is 1. The van der Waals surface area contributed by atoms with Gasteiger partial charge in [0.25, 0.3) is 5.69 Å². The van der Waals surface area contributed by atoms with E-state index >= 15 is 0 Å². The first-order valence-electron chi connectivity index (χ1n) is 11.3. The van der Waals surface area contributed by atoms with Gasteiger partial charge in [-0.3, -0.25) is 29.3 Å². The number of fused-ring (bicyclic) bond motifs is 3. The molecule has 0 N–H and O–H groups in total. The molecule has 1 spiro atoms. The molecule has 9 nitrogen and oxygen atoms in total. The van der Waals surface area contributed by atoms with Gasteiger partial charge in [-0.2, -0.15) is 0 Å². The lowest BCUT2D eigenvalue weighted by molar-refractivity contribution is -0.384. The molecule has 178 valence electrons. The number of nitro groups is 1. The standard InChI is InChI=1S/C27H18N2O7/c1-14-13-16(29(34)35)11-12-19(14)28-25(32)20-21(26(28)33)27(36-22(20)15-7-3-2-4-8-15)23(30)17-9-5-6-10-18(17)24(27)31/h2-13,20-22H,1H3/t20-,21+,22+/m1/s1. The fourth-order valence-corrected chi connectivity index (χ4v) is 5.70. The minimum absolute atomic E-state index is 0.153. The molecule has 2 heterocycles. The number of rotatable bonds is 3. The van der Waals surface area contributed by atoms with E-state index in [9.17, 15) is 29.3 Å². The fourth-order valence-electron chi connectivity index (χ4n) is 5.70. The summed E-state index contributed by atoms with van der Waals surface area (Å²) in [6, 6.07) is 18.8. The number of hydrogen-bond donors (Lipinski definition) is 0. The van der Waals surface area contributed by atoms with Crippen molar-refractivity contribution in [1.82, 2.24) is 0 Å². The molecular formula is C27H18N2O7. The van der Waals surface area contributed by atoms with Gasteiger partial charge in [0, 0.05) is 23.3 Å². The Labute approximate surface area is 204 Å². The van der Waals surface area contributed by atoms with Gasteiger partial charge in [0.05, 0.1) is 28.6 Å². The Morgan fingerprint density at radius 2 is 1.47 bits per heavy atom. The van der Waals surface area contributed by atoms with Gasteiger partial charge in [-0.15, -0.1) is 0 Å². The SMILES string of the molecule is Cc1cc([N+](=O)[O-])ccc1N1C(=O)[C@@H]2[C@@H](C1=O)C1(O[C@H]2c2ccccc2)C(=O)c2ccccc2C1=O. The Balaban J connectivity index is 1.53. The fraction of sp³-hybridized carbons (Fsp3) is 0.185. The number of carbonyl (C=O) groups is 4. The second-order valence-electron chi connectivity index (χ2n) is 9.13. The van der Waals surface area contributed by atoms with Gasteiger partial charge in [0.15, 0.2) is 0 Å². The van der Waals surface area contributed by atoms with Crippen LogP contribution in [0.25, 0.3) is 0 Å². The van der Waals surface area contributed by atoms with Gasteiger partial charge in [0.2, 0.25) is 29.0 Å². The predicted molar refractivity (Wildman–Crippen MR) is 125 cm³/mol. The monoisotopic (exact) mass is 482 g/mol. The molecule has 36 heavy (non-hydrogen) atoms. The minimum atomic E-state index is -2.16. The normalized spacial score (nSPS) is 23.9. The highest BCUT2D eigenvalue weighted by Gasteiger charge is 2.74. The van der Waals surface area contributed by atoms with Crippen LogP contribution in [0.2, 0.25) is 0 Å². The number of hydrogen-bond acceptors (Lipinski definition) is 7. The molecule has 2 fully saturated rings. The summed E-state index contributed by atoms with van der Waals surface area (Å²) in [7, 11) is 0. The highest BCUT2D eigenvalue weighted by atomic mass is 16.6. The van der Waals surface area contributed by atoms with Gasteiger partial charge in [-0.05, 0) is 24.1 Å². The molecule has 3 aliphatic rings. The Morgan fingerprint density at radius 1 is 0.861 bits per heavy atom. The van der Waals surface area contributed by atoms with Crippen molar-refractivity contribution in [2.75, 3.05) is 4.90 Å². The Bertz CT molecular complexity index is 1480. The van der Waals surface area contributed by atoms with Gasteiger partial charge in [0.1, 0.15) is 0 Å². The highest BCUT2D eigenvalue weighted by molar-refractivity contribution is 6.37. The third kappa shape index (κ3) is 2.68. The number of nitro benzene ring substituents is 1. The van der Waals surface area contributed by atoms with E-state index in [4.69, 9.17) is 4.74 Å². The number of imide groups is 1. The Kier molecular flexibility index (Phi) is 4.58. The van der Waals surface area contributed by atoms with E-state index in [1.165, 1.54) is 30.3 Å². The quantitative estimate of drug-likeness (QED) is 0.242. The van der Waals surface area contributed by atoms with Gasteiger partial charge >= 0.3 is 0 Å². The first-order chi connectivity index (χ1) is 17.3. The zero-order chi connectivity index (χ0) is 25.4. The molecule has 3 aromatic carbocycles. The topological polar surface area (TPSA) is 124 Å². The lowest BCUT2D eigenvalue weighted by atomic mass is 9.77. The summed E-state index contributed by atoms with van der Waals surface area (Å²) in [4.78, 5) is 66.8. The lowest BCUT2D eigenvalue weighted by Gasteiger charge is -2.27. The molecule has 3 atom stereocenters. The molecule has 0 radical (unpaired) electrons. The van der Waals surface area contributed by atoms with E-state index in [0.29, 0.717) is 11.1 Å². The molecule has 6 rings (SSSR count). The average Bonchev–Trinajstić information content (AvgIpc) is 3.45. The molecule has 0 unspecified atom stereocenters. The van der Waals surface area contributed by atoms with Gasteiger partial charge in [-0.25, -0.2) is 4.90 Å². The zero-order valence-corrected chi connectivity index (χ0v) is 18.9. The van der Waals surface area contributed by atoms with E-state index in [-0.39, 0.29) is 22.5 Å². The first-order valence-corrected chi connectivity index (χ1v) is 11.3. The highest BCUT2D eigenvalue weighted by Crippen LogP contribution is 2.57. The van der Waals surface area contributed by atoms with Crippen molar-refractivity contribution in [3.05, 3.63) is 105 Å². The molecule has 3 aromatic rings. The van der Waals surface area contributed by atoms with Crippen LogP contribution in [0, 0.1) is 28.9 Å². The second-order valence-corrected chi connectivity index (χ2v) is 9.13. The number of carbonyl (C=O) groups excluding carboxylic acids is 4. The van der Waals surface area contributed by atoms with Crippen LogP contribution in [0.3, 0.4) is 0 Å². The smallest absolute Gasteiger partial charge is 0.269 e. The zero-order valence-electron chi connectivity index (χ0n) is 18.9. The van der Waals surface area contributed by atoms with Crippen molar-refractivity contribution >= 4 is 34.8 Å². The molecule has 0 saturated carbocycles. The number of anilines is 1. The third-order valence-corrected chi connectivity index (χ3v) is 7.28. The van der Waals surface area contributed by atoms with Gasteiger partial charge in [-0.1, -0.05) is 54.6 Å². The maximum atomic E-state index is 13.9. The van der Waals surface area contributed by atoms with Crippen molar-refractivity contribution in [3.63, 3.8) is 0 Å². The third-order valence-electron chi connectivity index (χ3n) is 7.28. The number of benzene rings is 3. The summed E-state index contributed by atoms with van der Waals surface area (Å²) >= 11 is 0. The molecular weight excluding hydrogens is 464 g/mol. The number of non-ortho nitro benzene ring substituents is 1.